The molecular formula is C36H28F2N2O5S. The van der Waals surface area contributed by atoms with Crippen LogP contribution in [0.15, 0.2) is 112 Å². The second-order valence-corrected chi connectivity index (χ2v) is 11.3. The first-order chi connectivity index (χ1) is 22.4. The molecule has 0 saturated carbocycles. The zero-order valence-corrected chi connectivity index (χ0v) is 25.7. The fourth-order valence-corrected chi connectivity index (χ4v) is 6.22. The van der Waals surface area contributed by atoms with E-state index in [2.05, 4.69) is 0 Å². The SMILES string of the molecule is CCOC(=O)C1=C(c2ccccc2)N=c2s/c(=C\c3ccc(OCc4ccccc4F)c(OC)c3)c(=O)n2[C@@H]1c1ccc(F)cc1. The molecule has 1 atom stereocenters. The summed E-state index contributed by atoms with van der Waals surface area (Å²) in [5.74, 6) is -0.625. The van der Waals surface area contributed by atoms with Crippen molar-refractivity contribution in [3.05, 3.63) is 156 Å². The van der Waals surface area contributed by atoms with Gasteiger partial charge in [-0.3, -0.25) is 9.36 Å². The summed E-state index contributed by atoms with van der Waals surface area (Å²) in [6.45, 7) is 1.83. The van der Waals surface area contributed by atoms with Gasteiger partial charge in [-0.25, -0.2) is 18.6 Å². The van der Waals surface area contributed by atoms with Crippen molar-refractivity contribution in [3.63, 3.8) is 0 Å². The number of aromatic nitrogens is 1. The molecule has 5 aromatic rings. The standard InChI is InChI=1S/C36H28F2N2O5S/c1-3-44-35(42)31-32(23-9-5-4-6-10-23)39-36-40(33(31)24-14-16-26(37)17-15-24)34(41)30(46-36)20-22-13-18-28(29(19-22)43-2)45-21-25-11-7-8-12-27(25)38/h4-20,33H,3,21H2,1-2H3/b30-20-/t33-/m1/s1. The summed E-state index contributed by atoms with van der Waals surface area (Å²) < 4.78 is 46.7. The predicted octanol–water partition coefficient (Wildman–Crippen LogP) is 5.80. The van der Waals surface area contributed by atoms with E-state index in [1.54, 1.807) is 61.5 Å². The Kier molecular flexibility index (Phi) is 8.89. The smallest absolute Gasteiger partial charge is 0.338 e. The maximum atomic E-state index is 14.1. The van der Waals surface area contributed by atoms with Crippen LogP contribution in [-0.4, -0.2) is 24.3 Å². The van der Waals surface area contributed by atoms with Crippen molar-refractivity contribution in [2.45, 2.75) is 19.6 Å². The first kappa shape index (κ1) is 30.7. The lowest BCUT2D eigenvalue weighted by Crippen LogP contribution is -2.40. The number of rotatable bonds is 9. The maximum absolute atomic E-state index is 14.1. The summed E-state index contributed by atoms with van der Waals surface area (Å²) in [6.07, 6.45) is 1.70. The minimum Gasteiger partial charge on any atom is -0.493 e. The third kappa shape index (κ3) is 6.12. The van der Waals surface area contributed by atoms with Gasteiger partial charge >= 0.3 is 5.97 Å². The van der Waals surface area contributed by atoms with Crippen LogP contribution in [0.2, 0.25) is 0 Å². The molecule has 7 nitrogen and oxygen atoms in total. The van der Waals surface area contributed by atoms with Crippen LogP contribution < -0.4 is 24.4 Å². The second-order valence-electron chi connectivity index (χ2n) is 10.3. The molecule has 2 heterocycles. The molecule has 0 unspecified atom stereocenters. The van der Waals surface area contributed by atoms with Gasteiger partial charge in [0.2, 0.25) is 0 Å². The van der Waals surface area contributed by atoms with Crippen molar-refractivity contribution in [2.75, 3.05) is 13.7 Å². The molecule has 0 bridgehead atoms. The maximum Gasteiger partial charge on any atom is 0.338 e. The minimum atomic E-state index is -0.919. The summed E-state index contributed by atoms with van der Waals surface area (Å²) in [5.41, 5.74) is 2.42. The van der Waals surface area contributed by atoms with Crippen molar-refractivity contribution >= 4 is 29.1 Å². The summed E-state index contributed by atoms with van der Waals surface area (Å²) in [5, 5.41) is 0. The van der Waals surface area contributed by atoms with Crippen LogP contribution >= 0.6 is 11.3 Å². The molecule has 0 aliphatic carbocycles. The van der Waals surface area contributed by atoms with E-state index in [0.717, 1.165) is 11.3 Å². The Hall–Kier alpha value is -5.35. The Labute approximate surface area is 267 Å². The number of hydrogen-bond donors (Lipinski definition) is 0. The number of benzene rings is 4. The highest BCUT2D eigenvalue weighted by molar-refractivity contribution is 7.07. The van der Waals surface area contributed by atoms with Gasteiger partial charge in [-0.05, 0) is 54.5 Å². The van der Waals surface area contributed by atoms with E-state index in [-0.39, 0.29) is 30.2 Å². The van der Waals surface area contributed by atoms with Crippen LogP contribution in [0, 0.1) is 11.6 Å². The largest absolute Gasteiger partial charge is 0.493 e. The highest BCUT2D eigenvalue weighted by Gasteiger charge is 2.35. The average molecular weight is 639 g/mol. The van der Waals surface area contributed by atoms with Crippen LogP contribution in [-0.2, 0) is 16.1 Å². The number of halogens is 2. The van der Waals surface area contributed by atoms with E-state index in [1.165, 1.54) is 29.9 Å². The lowest BCUT2D eigenvalue weighted by atomic mass is 9.93. The van der Waals surface area contributed by atoms with Gasteiger partial charge in [0, 0.05) is 11.1 Å². The quantitative estimate of drug-likeness (QED) is 0.191. The highest BCUT2D eigenvalue weighted by Crippen LogP contribution is 2.35. The predicted molar refractivity (Wildman–Crippen MR) is 171 cm³/mol. The first-order valence-electron chi connectivity index (χ1n) is 14.5. The topological polar surface area (TPSA) is 79.1 Å². The fraction of sp³-hybridized carbons (Fsp3) is 0.139. The van der Waals surface area contributed by atoms with Gasteiger partial charge in [0.1, 0.15) is 18.2 Å². The molecule has 10 heteroatoms. The van der Waals surface area contributed by atoms with E-state index in [9.17, 15) is 18.4 Å². The normalized spacial score (nSPS) is 14.4. The van der Waals surface area contributed by atoms with E-state index < -0.39 is 17.8 Å². The van der Waals surface area contributed by atoms with Gasteiger partial charge in [0.15, 0.2) is 16.3 Å². The van der Waals surface area contributed by atoms with E-state index in [0.29, 0.717) is 48.8 Å². The molecule has 0 N–H and O–H groups in total. The Morgan fingerprint density at radius 2 is 1.70 bits per heavy atom. The summed E-state index contributed by atoms with van der Waals surface area (Å²) >= 11 is 1.16. The lowest BCUT2D eigenvalue weighted by molar-refractivity contribution is -0.138. The van der Waals surface area contributed by atoms with Crippen molar-refractivity contribution in [1.82, 2.24) is 4.57 Å². The molecule has 1 aromatic heterocycles. The number of esters is 1. The van der Waals surface area contributed by atoms with Gasteiger partial charge in [-0.1, -0.05) is 78.1 Å². The molecule has 0 fully saturated rings. The second kappa shape index (κ2) is 13.3. The molecule has 0 amide bonds. The Morgan fingerprint density at radius 1 is 0.957 bits per heavy atom. The van der Waals surface area contributed by atoms with Crippen LogP contribution in [0.1, 0.15) is 35.2 Å². The lowest BCUT2D eigenvalue weighted by Gasteiger charge is -2.25. The number of thiazole rings is 1. The molecule has 0 saturated heterocycles. The number of fused-ring (bicyclic) bond motifs is 1. The van der Waals surface area contributed by atoms with Gasteiger partial charge < -0.3 is 14.2 Å². The third-order valence-electron chi connectivity index (χ3n) is 7.39. The number of nitrogens with zero attached hydrogens (tertiary/aromatic N) is 2. The molecular weight excluding hydrogens is 610 g/mol. The average Bonchev–Trinajstić information content (AvgIpc) is 3.38. The molecule has 0 radical (unpaired) electrons. The summed E-state index contributed by atoms with van der Waals surface area (Å²) in [6, 6.07) is 25.5. The number of carbonyl (C=O) groups is 1. The van der Waals surface area contributed by atoms with Crippen LogP contribution in [0.5, 0.6) is 11.5 Å². The number of carbonyl (C=O) groups excluding carboxylic acids is 1. The monoisotopic (exact) mass is 638 g/mol. The van der Waals surface area contributed by atoms with E-state index in [1.807, 2.05) is 30.3 Å². The molecule has 46 heavy (non-hydrogen) atoms. The van der Waals surface area contributed by atoms with Crippen LogP contribution in [0.4, 0.5) is 8.78 Å². The molecule has 4 aromatic carbocycles. The Balaban J connectivity index is 1.47. The van der Waals surface area contributed by atoms with E-state index >= 15 is 0 Å². The Morgan fingerprint density at radius 3 is 2.41 bits per heavy atom. The zero-order valence-electron chi connectivity index (χ0n) is 24.9. The van der Waals surface area contributed by atoms with Crippen molar-refractivity contribution in [2.24, 2.45) is 4.99 Å². The van der Waals surface area contributed by atoms with Crippen LogP contribution in [0.3, 0.4) is 0 Å². The van der Waals surface area contributed by atoms with Gasteiger partial charge in [-0.15, -0.1) is 0 Å². The highest BCUT2D eigenvalue weighted by atomic mass is 32.1. The minimum absolute atomic E-state index is 0.0108. The Bertz CT molecular complexity index is 2120. The number of hydrogen-bond acceptors (Lipinski definition) is 7. The first-order valence-corrected chi connectivity index (χ1v) is 15.3. The molecule has 1 aliphatic heterocycles. The molecule has 6 rings (SSSR count). The third-order valence-corrected chi connectivity index (χ3v) is 8.37. The van der Waals surface area contributed by atoms with Crippen molar-refractivity contribution < 1.29 is 27.8 Å². The molecule has 1 aliphatic rings. The van der Waals surface area contributed by atoms with Gasteiger partial charge in [0.25, 0.3) is 5.56 Å². The zero-order chi connectivity index (χ0) is 32.2. The van der Waals surface area contributed by atoms with E-state index in [4.69, 9.17) is 19.2 Å². The molecule has 232 valence electrons. The van der Waals surface area contributed by atoms with Crippen LogP contribution in [0.25, 0.3) is 11.8 Å². The number of ether oxygens (including phenoxy) is 3. The van der Waals surface area contributed by atoms with Crippen molar-refractivity contribution in [3.8, 4) is 11.5 Å². The fourth-order valence-electron chi connectivity index (χ4n) is 5.22. The summed E-state index contributed by atoms with van der Waals surface area (Å²) in [7, 11) is 1.49. The molecule has 0 spiro atoms. The number of methoxy groups -OCH3 is 1. The van der Waals surface area contributed by atoms with Crippen molar-refractivity contribution in [1.29, 1.82) is 0 Å². The van der Waals surface area contributed by atoms with Gasteiger partial charge in [0.05, 0.1) is 35.6 Å². The summed E-state index contributed by atoms with van der Waals surface area (Å²) in [4.78, 5) is 32.8. The van der Waals surface area contributed by atoms with Gasteiger partial charge in [-0.2, -0.15) is 0 Å².